The zero-order valence-electron chi connectivity index (χ0n) is 21.5. The Morgan fingerprint density at radius 2 is 1.64 bits per heavy atom. The molecule has 4 rings (SSSR count). The molecule has 1 aliphatic carbocycles. The lowest BCUT2D eigenvalue weighted by molar-refractivity contribution is -0.138. The number of likely N-dealkylation sites (tertiary alicyclic amines) is 1. The van der Waals surface area contributed by atoms with Crippen molar-refractivity contribution in [3.05, 3.63) is 60.2 Å². The third-order valence-corrected chi connectivity index (χ3v) is 6.67. The predicted octanol–water partition coefficient (Wildman–Crippen LogP) is 3.17. The number of carbonyl (C=O) groups is 3. The normalized spacial score (nSPS) is 21.7. The lowest BCUT2D eigenvalue weighted by atomic mass is 9.89. The number of nitrogens with zero attached hydrogens (tertiary/aromatic N) is 1. The van der Waals surface area contributed by atoms with Gasteiger partial charge in [-0.3, -0.25) is 9.59 Å². The number of carbonyl (C=O) groups excluding carboxylic acids is 3. The summed E-state index contributed by atoms with van der Waals surface area (Å²) in [6, 6.07) is 17.2. The molecule has 3 N–H and O–H groups in total. The highest BCUT2D eigenvalue weighted by atomic mass is 16.5. The van der Waals surface area contributed by atoms with Crippen LogP contribution in [0.1, 0.15) is 45.6 Å². The van der Waals surface area contributed by atoms with Gasteiger partial charge in [-0.25, -0.2) is 4.79 Å². The van der Waals surface area contributed by atoms with Gasteiger partial charge in [0.05, 0.1) is 13.1 Å². The number of amides is 4. The van der Waals surface area contributed by atoms with Crippen LogP contribution in [0, 0.1) is 0 Å². The zero-order chi connectivity index (χ0) is 25.9. The summed E-state index contributed by atoms with van der Waals surface area (Å²) in [6.45, 7) is 5.61. The number of ether oxygens (including phenoxy) is 1. The van der Waals surface area contributed by atoms with Gasteiger partial charge in [-0.1, -0.05) is 54.6 Å². The highest BCUT2D eigenvalue weighted by Crippen LogP contribution is 2.40. The summed E-state index contributed by atoms with van der Waals surface area (Å²) in [7, 11) is 1.62. The molecule has 2 fully saturated rings. The molecule has 192 valence electrons. The van der Waals surface area contributed by atoms with Crippen molar-refractivity contribution >= 4 is 17.8 Å². The molecule has 8 heteroatoms. The number of methoxy groups -OCH3 is 1. The second kappa shape index (κ2) is 10.3. The number of hydrogen-bond acceptors (Lipinski definition) is 4. The molecule has 0 spiro atoms. The van der Waals surface area contributed by atoms with Crippen LogP contribution in [0.15, 0.2) is 54.6 Å². The SMILES string of the molecule is CO[C@@]1(c2ccc(-c3ccccc3)cc2)C[C@@H](C(=O)NC2CC2)N(C(=O)CNC(=O)NC(C)(C)C)C1. The largest absolute Gasteiger partial charge is 0.372 e. The number of benzene rings is 2. The standard InChI is InChI=1S/C28H36N4O4/c1-27(2,3)31-26(35)29-17-24(33)32-18-28(36-4,16-23(32)25(34)30-22-14-15-22)21-12-10-20(11-13-21)19-8-6-5-7-9-19/h5-13,22-23H,14-18H2,1-4H3,(H,30,34)(H2,29,31,35)/t23-,28-/m0/s1. The van der Waals surface area contributed by atoms with Crippen molar-refractivity contribution in [1.29, 1.82) is 0 Å². The topological polar surface area (TPSA) is 99.8 Å². The Balaban J connectivity index is 1.54. The van der Waals surface area contributed by atoms with Crippen molar-refractivity contribution in [2.24, 2.45) is 0 Å². The van der Waals surface area contributed by atoms with E-state index in [0.717, 1.165) is 29.5 Å². The van der Waals surface area contributed by atoms with Crippen LogP contribution < -0.4 is 16.0 Å². The Morgan fingerprint density at radius 1 is 1.00 bits per heavy atom. The van der Waals surface area contributed by atoms with Crippen LogP contribution in [0.3, 0.4) is 0 Å². The zero-order valence-corrected chi connectivity index (χ0v) is 21.5. The molecule has 1 heterocycles. The highest BCUT2D eigenvalue weighted by Gasteiger charge is 2.50. The van der Waals surface area contributed by atoms with Gasteiger partial charge in [0.15, 0.2) is 0 Å². The Morgan fingerprint density at radius 3 is 2.22 bits per heavy atom. The average molecular weight is 493 g/mol. The first kappa shape index (κ1) is 25.7. The molecule has 0 aromatic heterocycles. The van der Waals surface area contributed by atoms with Gasteiger partial charge in [-0.05, 0) is 50.3 Å². The van der Waals surface area contributed by atoms with Crippen LogP contribution in [-0.2, 0) is 19.9 Å². The maximum atomic E-state index is 13.3. The summed E-state index contributed by atoms with van der Waals surface area (Å²) in [5.74, 6) is -0.500. The third-order valence-electron chi connectivity index (χ3n) is 6.67. The minimum absolute atomic E-state index is 0.174. The molecule has 0 radical (unpaired) electrons. The molecule has 2 aliphatic rings. The highest BCUT2D eigenvalue weighted by molar-refractivity contribution is 5.91. The smallest absolute Gasteiger partial charge is 0.315 e. The molecular weight excluding hydrogens is 456 g/mol. The Hall–Kier alpha value is -3.39. The molecule has 36 heavy (non-hydrogen) atoms. The number of rotatable bonds is 7. The Labute approximate surface area is 212 Å². The van der Waals surface area contributed by atoms with E-state index in [1.807, 2.05) is 63.2 Å². The minimum atomic E-state index is -0.829. The van der Waals surface area contributed by atoms with Crippen LogP contribution in [0.4, 0.5) is 4.79 Å². The Bertz CT molecular complexity index is 1090. The fourth-order valence-electron chi connectivity index (χ4n) is 4.61. The van der Waals surface area contributed by atoms with Gasteiger partial charge in [0.25, 0.3) is 0 Å². The van der Waals surface area contributed by atoms with Crippen molar-refractivity contribution in [3.8, 4) is 11.1 Å². The minimum Gasteiger partial charge on any atom is -0.372 e. The van der Waals surface area contributed by atoms with Gasteiger partial charge in [0.2, 0.25) is 11.8 Å². The van der Waals surface area contributed by atoms with Crippen LogP contribution >= 0.6 is 0 Å². The number of nitrogens with one attached hydrogen (secondary N) is 3. The number of urea groups is 1. The maximum absolute atomic E-state index is 13.3. The molecule has 2 atom stereocenters. The van der Waals surface area contributed by atoms with E-state index in [1.165, 1.54) is 0 Å². The van der Waals surface area contributed by atoms with Crippen LogP contribution in [0.2, 0.25) is 0 Å². The van der Waals surface area contributed by atoms with E-state index >= 15 is 0 Å². The van der Waals surface area contributed by atoms with E-state index in [1.54, 1.807) is 12.0 Å². The molecule has 4 amide bonds. The monoisotopic (exact) mass is 492 g/mol. The number of hydrogen-bond donors (Lipinski definition) is 3. The van der Waals surface area contributed by atoms with Crippen molar-refractivity contribution in [3.63, 3.8) is 0 Å². The van der Waals surface area contributed by atoms with Crippen LogP contribution in [0.5, 0.6) is 0 Å². The molecule has 0 unspecified atom stereocenters. The summed E-state index contributed by atoms with van der Waals surface area (Å²) in [5, 5.41) is 8.44. The van der Waals surface area contributed by atoms with Gasteiger partial charge in [-0.2, -0.15) is 0 Å². The van der Waals surface area contributed by atoms with Crippen molar-refractivity contribution in [2.45, 2.75) is 63.3 Å². The quantitative estimate of drug-likeness (QED) is 0.553. The molecule has 8 nitrogen and oxygen atoms in total. The molecule has 1 aliphatic heterocycles. The molecular formula is C28H36N4O4. The van der Waals surface area contributed by atoms with Gasteiger partial charge in [0.1, 0.15) is 11.6 Å². The van der Waals surface area contributed by atoms with Crippen molar-refractivity contribution in [1.82, 2.24) is 20.9 Å². The van der Waals surface area contributed by atoms with E-state index in [2.05, 4.69) is 28.1 Å². The van der Waals surface area contributed by atoms with Crippen LogP contribution in [-0.4, -0.2) is 60.6 Å². The van der Waals surface area contributed by atoms with E-state index in [-0.39, 0.29) is 30.9 Å². The average Bonchev–Trinajstić information content (AvgIpc) is 3.58. The molecule has 0 bridgehead atoms. The summed E-state index contributed by atoms with van der Waals surface area (Å²) >= 11 is 0. The first-order chi connectivity index (χ1) is 17.1. The first-order valence-corrected chi connectivity index (χ1v) is 12.5. The lowest BCUT2D eigenvalue weighted by Gasteiger charge is -2.28. The molecule has 2 aromatic rings. The first-order valence-electron chi connectivity index (χ1n) is 12.5. The lowest BCUT2D eigenvalue weighted by Crippen LogP contribution is -2.52. The predicted molar refractivity (Wildman–Crippen MR) is 138 cm³/mol. The fraction of sp³-hybridized carbons (Fsp3) is 0.464. The van der Waals surface area contributed by atoms with E-state index < -0.39 is 23.2 Å². The summed E-state index contributed by atoms with van der Waals surface area (Å²) in [6.07, 6.45) is 2.25. The summed E-state index contributed by atoms with van der Waals surface area (Å²) in [5.41, 5.74) is 1.84. The van der Waals surface area contributed by atoms with Gasteiger partial charge < -0.3 is 25.6 Å². The second-order valence-corrected chi connectivity index (χ2v) is 10.7. The summed E-state index contributed by atoms with van der Waals surface area (Å²) in [4.78, 5) is 40.2. The maximum Gasteiger partial charge on any atom is 0.315 e. The van der Waals surface area contributed by atoms with Crippen molar-refractivity contribution < 1.29 is 19.1 Å². The van der Waals surface area contributed by atoms with Gasteiger partial charge >= 0.3 is 6.03 Å². The second-order valence-electron chi connectivity index (χ2n) is 10.7. The van der Waals surface area contributed by atoms with Crippen molar-refractivity contribution in [2.75, 3.05) is 20.2 Å². The van der Waals surface area contributed by atoms with Crippen LogP contribution in [0.25, 0.3) is 11.1 Å². The van der Waals surface area contributed by atoms with Gasteiger partial charge in [-0.15, -0.1) is 0 Å². The Kier molecular flexibility index (Phi) is 7.36. The summed E-state index contributed by atoms with van der Waals surface area (Å²) < 4.78 is 6.03. The third kappa shape index (κ3) is 6.05. The van der Waals surface area contributed by atoms with E-state index in [9.17, 15) is 14.4 Å². The molecule has 1 saturated carbocycles. The fourth-order valence-corrected chi connectivity index (χ4v) is 4.61. The van der Waals surface area contributed by atoms with Gasteiger partial charge in [0, 0.05) is 25.1 Å². The van der Waals surface area contributed by atoms with E-state index in [4.69, 9.17) is 4.74 Å². The molecule has 1 saturated heterocycles. The molecule has 2 aromatic carbocycles. The van der Waals surface area contributed by atoms with E-state index in [0.29, 0.717) is 6.42 Å².